The summed E-state index contributed by atoms with van der Waals surface area (Å²) in [6.07, 6.45) is 1.79. The van der Waals surface area contributed by atoms with E-state index in [9.17, 15) is 9.50 Å². The summed E-state index contributed by atoms with van der Waals surface area (Å²) < 4.78 is 14.6. The number of aromatic hydroxyl groups is 1. The Morgan fingerprint density at radius 3 is 3.00 bits per heavy atom. The van der Waals surface area contributed by atoms with Gasteiger partial charge in [-0.05, 0) is 48.2 Å². The molecular weight excluding hydrogens is 321 g/mol. The first kappa shape index (κ1) is 13.6. The third kappa shape index (κ3) is 2.58. The van der Waals surface area contributed by atoms with E-state index < -0.39 is 0 Å². The van der Waals surface area contributed by atoms with Gasteiger partial charge in [-0.15, -0.1) is 0 Å². The molecule has 2 aromatic rings. The van der Waals surface area contributed by atoms with E-state index in [0.29, 0.717) is 17.9 Å². The lowest BCUT2D eigenvalue weighted by atomic mass is 10.1. The van der Waals surface area contributed by atoms with Gasteiger partial charge in [-0.25, -0.2) is 4.39 Å². The van der Waals surface area contributed by atoms with Crippen molar-refractivity contribution in [2.45, 2.75) is 25.4 Å². The second kappa shape index (κ2) is 5.54. The van der Waals surface area contributed by atoms with Crippen LogP contribution in [0.3, 0.4) is 0 Å². The van der Waals surface area contributed by atoms with Gasteiger partial charge in [0.1, 0.15) is 11.6 Å². The monoisotopic (exact) mass is 335 g/mol. The van der Waals surface area contributed by atoms with Gasteiger partial charge in [-0.2, -0.15) is 0 Å². The molecule has 1 aliphatic carbocycles. The highest BCUT2D eigenvalue weighted by Crippen LogP contribution is 2.36. The van der Waals surface area contributed by atoms with Crippen LogP contribution in [-0.2, 0) is 13.0 Å². The minimum Gasteiger partial charge on any atom is -0.508 e. The summed E-state index contributed by atoms with van der Waals surface area (Å²) in [5.74, 6) is 0.162. The molecule has 0 fully saturated rings. The fourth-order valence-electron chi connectivity index (χ4n) is 2.76. The van der Waals surface area contributed by atoms with Gasteiger partial charge in [0.2, 0.25) is 0 Å². The van der Waals surface area contributed by atoms with Gasteiger partial charge in [0.25, 0.3) is 0 Å². The molecule has 1 aliphatic rings. The van der Waals surface area contributed by atoms with Gasteiger partial charge >= 0.3 is 0 Å². The standard InChI is InChI=1S/C16H15BrFNO/c17-11-4-6-14(18)10(8-11)9-19-15-7-5-13-12(15)2-1-3-16(13)20/h1-4,6,8,15,19-20H,5,7,9H2. The Kier molecular flexibility index (Phi) is 3.76. The maximum absolute atomic E-state index is 13.7. The Labute approximate surface area is 125 Å². The Balaban J connectivity index is 1.75. The van der Waals surface area contributed by atoms with Crippen LogP contribution in [0, 0.1) is 5.82 Å². The number of hydrogen-bond acceptors (Lipinski definition) is 2. The molecule has 2 N–H and O–H groups in total. The molecule has 0 aromatic heterocycles. The second-order valence-corrected chi connectivity index (χ2v) is 5.97. The minimum atomic E-state index is -0.199. The summed E-state index contributed by atoms with van der Waals surface area (Å²) in [4.78, 5) is 0. The van der Waals surface area contributed by atoms with Crippen LogP contribution in [-0.4, -0.2) is 5.11 Å². The van der Waals surface area contributed by atoms with E-state index in [4.69, 9.17) is 0 Å². The van der Waals surface area contributed by atoms with Crippen LogP contribution in [0.25, 0.3) is 0 Å². The van der Waals surface area contributed by atoms with Crippen molar-refractivity contribution in [3.63, 3.8) is 0 Å². The van der Waals surface area contributed by atoms with Gasteiger partial charge in [-0.3, -0.25) is 0 Å². The Morgan fingerprint density at radius 1 is 1.30 bits per heavy atom. The molecule has 3 rings (SSSR count). The Bertz CT molecular complexity index is 644. The van der Waals surface area contributed by atoms with Gasteiger partial charge in [0.15, 0.2) is 0 Å². The molecule has 0 amide bonds. The van der Waals surface area contributed by atoms with E-state index in [1.54, 1.807) is 18.2 Å². The zero-order valence-corrected chi connectivity index (χ0v) is 12.5. The van der Waals surface area contributed by atoms with Crippen LogP contribution >= 0.6 is 15.9 Å². The van der Waals surface area contributed by atoms with Crippen LogP contribution in [0.15, 0.2) is 40.9 Å². The van der Waals surface area contributed by atoms with Crippen molar-refractivity contribution in [2.24, 2.45) is 0 Å². The lowest BCUT2D eigenvalue weighted by molar-refractivity contribution is 0.469. The quantitative estimate of drug-likeness (QED) is 0.886. The van der Waals surface area contributed by atoms with Crippen molar-refractivity contribution >= 4 is 15.9 Å². The van der Waals surface area contributed by atoms with Crippen LogP contribution in [0.5, 0.6) is 5.75 Å². The number of rotatable bonds is 3. The highest BCUT2D eigenvalue weighted by Gasteiger charge is 2.24. The van der Waals surface area contributed by atoms with Gasteiger partial charge in [0, 0.05) is 22.6 Å². The summed E-state index contributed by atoms with van der Waals surface area (Å²) in [7, 11) is 0. The van der Waals surface area contributed by atoms with E-state index in [2.05, 4.69) is 21.2 Å². The van der Waals surface area contributed by atoms with Crippen molar-refractivity contribution in [1.82, 2.24) is 5.32 Å². The molecule has 0 radical (unpaired) electrons. The first-order valence-corrected chi connectivity index (χ1v) is 7.42. The van der Waals surface area contributed by atoms with Gasteiger partial charge in [-0.1, -0.05) is 28.1 Å². The van der Waals surface area contributed by atoms with Crippen molar-refractivity contribution in [3.8, 4) is 5.75 Å². The zero-order valence-electron chi connectivity index (χ0n) is 10.9. The van der Waals surface area contributed by atoms with Crippen LogP contribution < -0.4 is 5.32 Å². The van der Waals surface area contributed by atoms with Crippen LogP contribution in [0.2, 0.25) is 0 Å². The average Bonchev–Trinajstić information content (AvgIpc) is 2.85. The second-order valence-electron chi connectivity index (χ2n) is 5.05. The Hall–Kier alpha value is -1.39. The number of hydrogen-bond donors (Lipinski definition) is 2. The normalized spacial score (nSPS) is 17.2. The molecule has 104 valence electrons. The summed E-state index contributed by atoms with van der Waals surface area (Å²) in [5, 5.41) is 13.2. The SMILES string of the molecule is Oc1cccc2c1CCC2NCc1cc(Br)ccc1F. The maximum Gasteiger partial charge on any atom is 0.127 e. The van der Waals surface area contributed by atoms with E-state index in [1.807, 2.05) is 12.1 Å². The number of benzene rings is 2. The number of phenols is 1. The molecule has 0 saturated carbocycles. The topological polar surface area (TPSA) is 32.3 Å². The summed E-state index contributed by atoms with van der Waals surface area (Å²) in [6.45, 7) is 0.477. The highest BCUT2D eigenvalue weighted by atomic mass is 79.9. The predicted molar refractivity (Wildman–Crippen MR) is 80.1 cm³/mol. The number of halogens is 2. The molecule has 0 heterocycles. The smallest absolute Gasteiger partial charge is 0.127 e. The average molecular weight is 336 g/mol. The molecule has 0 bridgehead atoms. The van der Waals surface area contributed by atoms with Crippen LogP contribution in [0.1, 0.15) is 29.2 Å². The number of fused-ring (bicyclic) bond motifs is 1. The minimum absolute atomic E-state index is 0.176. The third-order valence-corrected chi connectivity index (χ3v) is 4.29. The third-order valence-electron chi connectivity index (χ3n) is 3.79. The van der Waals surface area contributed by atoms with E-state index in [-0.39, 0.29) is 11.9 Å². The highest BCUT2D eigenvalue weighted by molar-refractivity contribution is 9.10. The zero-order chi connectivity index (χ0) is 14.1. The van der Waals surface area contributed by atoms with E-state index >= 15 is 0 Å². The maximum atomic E-state index is 13.7. The summed E-state index contributed by atoms with van der Waals surface area (Å²) in [6, 6.07) is 10.7. The lowest BCUT2D eigenvalue weighted by Crippen LogP contribution is -2.19. The van der Waals surface area contributed by atoms with Crippen molar-refractivity contribution in [3.05, 3.63) is 63.4 Å². The van der Waals surface area contributed by atoms with Crippen molar-refractivity contribution < 1.29 is 9.50 Å². The fourth-order valence-corrected chi connectivity index (χ4v) is 3.17. The molecule has 2 nitrogen and oxygen atoms in total. The Morgan fingerprint density at radius 2 is 2.15 bits per heavy atom. The number of nitrogens with one attached hydrogen (secondary N) is 1. The first-order chi connectivity index (χ1) is 9.65. The molecule has 1 unspecified atom stereocenters. The molecule has 1 atom stereocenters. The van der Waals surface area contributed by atoms with E-state index in [0.717, 1.165) is 28.4 Å². The summed E-state index contributed by atoms with van der Waals surface area (Å²) in [5.41, 5.74) is 2.79. The molecule has 0 aliphatic heterocycles. The molecule has 20 heavy (non-hydrogen) atoms. The fraction of sp³-hybridized carbons (Fsp3) is 0.250. The summed E-state index contributed by atoms with van der Waals surface area (Å²) >= 11 is 3.36. The molecule has 0 saturated heterocycles. The molecule has 0 spiro atoms. The predicted octanol–water partition coefficient (Wildman–Crippen LogP) is 4.07. The van der Waals surface area contributed by atoms with Crippen molar-refractivity contribution in [2.75, 3.05) is 0 Å². The lowest BCUT2D eigenvalue weighted by Gasteiger charge is -2.15. The molecule has 4 heteroatoms. The van der Waals surface area contributed by atoms with Gasteiger partial charge < -0.3 is 10.4 Å². The van der Waals surface area contributed by atoms with Crippen molar-refractivity contribution in [1.29, 1.82) is 0 Å². The number of phenolic OH excluding ortho intramolecular Hbond substituents is 1. The molecule has 2 aromatic carbocycles. The van der Waals surface area contributed by atoms with E-state index in [1.165, 1.54) is 6.07 Å². The first-order valence-electron chi connectivity index (χ1n) is 6.63. The van der Waals surface area contributed by atoms with Crippen LogP contribution in [0.4, 0.5) is 4.39 Å². The van der Waals surface area contributed by atoms with Gasteiger partial charge in [0.05, 0.1) is 0 Å². The molecular formula is C16H15BrFNO. The largest absolute Gasteiger partial charge is 0.508 e.